The van der Waals surface area contributed by atoms with E-state index in [1.807, 2.05) is 12.4 Å². The maximum absolute atomic E-state index is 6.03. The number of hydrogen-bond acceptors (Lipinski definition) is 2. The molecule has 2 atom stereocenters. The number of rotatable bonds is 2. The van der Waals surface area contributed by atoms with Crippen molar-refractivity contribution in [1.29, 1.82) is 0 Å². The molecule has 1 aliphatic carbocycles. The highest BCUT2D eigenvalue weighted by molar-refractivity contribution is 6.17. The van der Waals surface area contributed by atoms with E-state index in [0.717, 1.165) is 11.8 Å². The minimum absolute atomic E-state index is 0.586. The number of fused-ring (bicyclic) bond motifs is 1. The minimum Gasteiger partial charge on any atom is -0.370 e. The van der Waals surface area contributed by atoms with Crippen LogP contribution in [0.4, 0.5) is 5.69 Å². The quantitative estimate of drug-likeness (QED) is 0.755. The lowest BCUT2D eigenvalue weighted by atomic mass is 9.75. The van der Waals surface area contributed by atoms with Crippen LogP contribution < -0.4 is 4.90 Å². The van der Waals surface area contributed by atoms with Crippen molar-refractivity contribution in [2.75, 3.05) is 18.0 Å². The summed E-state index contributed by atoms with van der Waals surface area (Å²) in [6.45, 7) is 2.39. The maximum atomic E-state index is 6.03. The molecule has 0 bridgehead atoms. The largest absolute Gasteiger partial charge is 0.370 e. The molecule has 1 aliphatic heterocycles. The number of aromatic nitrogens is 1. The van der Waals surface area contributed by atoms with Gasteiger partial charge in [0.2, 0.25) is 0 Å². The van der Waals surface area contributed by atoms with Gasteiger partial charge >= 0.3 is 0 Å². The highest BCUT2D eigenvalue weighted by Crippen LogP contribution is 2.38. The van der Waals surface area contributed by atoms with Gasteiger partial charge in [-0.2, -0.15) is 0 Å². The fourth-order valence-electron chi connectivity index (χ4n) is 3.63. The van der Waals surface area contributed by atoms with Gasteiger partial charge in [-0.25, -0.2) is 0 Å². The number of anilines is 1. The van der Waals surface area contributed by atoms with Crippen LogP contribution in [0.5, 0.6) is 0 Å². The Labute approximate surface area is 114 Å². The molecule has 3 rings (SSSR count). The molecule has 18 heavy (non-hydrogen) atoms. The van der Waals surface area contributed by atoms with Gasteiger partial charge in [0.25, 0.3) is 0 Å². The average molecular weight is 265 g/mol. The molecule has 0 radical (unpaired) electrons. The zero-order valence-corrected chi connectivity index (χ0v) is 11.6. The summed E-state index contributed by atoms with van der Waals surface area (Å²) in [5.41, 5.74) is 2.48. The van der Waals surface area contributed by atoms with E-state index in [4.69, 9.17) is 11.6 Å². The average Bonchev–Trinajstić information content (AvgIpc) is 2.46. The van der Waals surface area contributed by atoms with Crippen molar-refractivity contribution in [2.24, 2.45) is 11.8 Å². The van der Waals surface area contributed by atoms with E-state index in [9.17, 15) is 0 Å². The molecule has 1 aromatic heterocycles. The second kappa shape index (κ2) is 5.48. The summed E-state index contributed by atoms with van der Waals surface area (Å²) in [4.78, 5) is 6.78. The Kier molecular flexibility index (Phi) is 3.74. The monoisotopic (exact) mass is 264 g/mol. The molecule has 2 aliphatic rings. The third kappa shape index (κ3) is 2.35. The number of alkyl halides is 1. The highest BCUT2D eigenvalue weighted by Gasteiger charge is 2.31. The van der Waals surface area contributed by atoms with Crippen molar-refractivity contribution >= 4 is 17.3 Å². The van der Waals surface area contributed by atoms with Gasteiger partial charge < -0.3 is 4.90 Å². The van der Waals surface area contributed by atoms with Crippen LogP contribution in [0.2, 0.25) is 0 Å². The van der Waals surface area contributed by atoms with E-state index in [2.05, 4.69) is 16.0 Å². The van der Waals surface area contributed by atoms with Crippen molar-refractivity contribution < 1.29 is 0 Å². The van der Waals surface area contributed by atoms with Crippen molar-refractivity contribution in [2.45, 2.75) is 38.0 Å². The van der Waals surface area contributed by atoms with Crippen LogP contribution in [0.25, 0.3) is 0 Å². The van der Waals surface area contributed by atoms with Gasteiger partial charge in [0.15, 0.2) is 0 Å². The van der Waals surface area contributed by atoms with Crippen molar-refractivity contribution in [3.63, 3.8) is 0 Å². The molecule has 0 aromatic carbocycles. The predicted molar refractivity (Wildman–Crippen MR) is 76.1 cm³/mol. The molecule has 2 nitrogen and oxygen atoms in total. The number of pyridine rings is 1. The van der Waals surface area contributed by atoms with E-state index in [-0.39, 0.29) is 0 Å². The van der Waals surface area contributed by atoms with Crippen molar-refractivity contribution in [1.82, 2.24) is 4.98 Å². The fraction of sp³-hybridized carbons (Fsp3) is 0.667. The molecule has 1 saturated carbocycles. The summed E-state index contributed by atoms with van der Waals surface area (Å²) in [5, 5.41) is 0. The van der Waals surface area contributed by atoms with E-state index < -0.39 is 0 Å². The lowest BCUT2D eigenvalue weighted by molar-refractivity contribution is 0.202. The molecule has 3 heteroatoms. The number of hydrogen-bond donors (Lipinski definition) is 0. The third-order valence-electron chi connectivity index (χ3n) is 4.66. The molecule has 2 fully saturated rings. The Morgan fingerprint density at radius 1 is 1.22 bits per heavy atom. The first kappa shape index (κ1) is 12.3. The molecule has 0 spiro atoms. The van der Waals surface area contributed by atoms with Gasteiger partial charge in [-0.15, -0.1) is 11.6 Å². The lowest BCUT2D eigenvalue weighted by Crippen LogP contribution is -2.42. The third-order valence-corrected chi connectivity index (χ3v) is 4.95. The summed E-state index contributed by atoms with van der Waals surface area (Å²) < 4.78 is 0. The molecule has 1 saturated heterocycles. The standard InChI is InChI=1S/C15H21ClN2/c16-9-13-5-7-17-10-15(13)18-8-6-12-3-1-2-4-14(12)11-18/h5,7,10,12,14H,1-4,6,8-9,11H2. The maximum Gasteiger partial charge on any atom is 0.0597 e. The van der Waals surface area contributed by atoms with Crippen LogP contribution in [0, 0.1) is 11.8 Å². The Hall–Kier alpha value is -0.760. The fourth-order valence-corrected chi connectivity index (χ4v) is 3.86. The number of halogens is 1. The van der Waals surface area contributed by atoms with Gasteiger partial charge in [0.1, 0.15) is 0 Å². The molecular weight excluding hydrogens is 244 g/mol. The molecular formula is C15H21ClN2. The summed E-state index contributed by atoms with van der Waals surface area (Å²) in [5.74, 6) is 2.46. The number of piperidine rings is 1. The van der Waals surface area contributed by atoms with Crippen molar-refractivity contribution in [3.05, 3.63) is 24.0 Å². The van der Waals surface area contributed by atoms with Crippen LogP contribution in [0.3, 0.4) is 0 Å². The Balaban J connectivity index is 1.77. The van der Waals surface area contributed by atoms with E-state index >= 15 is 0 Å². The first-order valence-corrected chi connectivity index (χ1v) is 7.65. The smallest absolute Gasteiger partial charge is 0.0597 e. The molecule has 0 amide bonds. The SMILES string of the molecule is ClCc1ccncc1N1CCC2CCCCC2C1. The van der Waals surface area contributed by atoms with E-state index in [0.29, 0.717) is 5.88 Å². The second-order valence-electron chi connectivity index (χ2n) is 5.68. The van der Waals surface area contributed by atoms with E-state index in [1.165, 1.54) is 56.4 Å². The summed E-state index contributed by atoms with van der Waals surface area (Å²) in [6, 6.07) is 2.05. The predicted octanol–water partition coefficient (Wildman–Crippen LogP) is 3.84. The Morgan fingerprint density at radius 3 is 2.89 bits per heavy atom. The summed E-state index contributed by atoms with van der Waals surface area (Å²) in [7, 11) is 0. The summed E-state index contributed by atoms with van der Waals surface area (Å²) >= 11 is 6.03. The minimum atomic E-state index is 0.586. The number of nitrogens with zero attached hydrogens (tertiary/aromatic N) is 2. The Bertz CT molecular complexity index is 407. The second-order valence-corrected chi connectivity index (χ2v) is 5.94. The van der Waals surface area contributed by atoms with Gasteiger partial charge in [0.05, 0.1) is 11.9 Å². The van der Waals surface area contributed by atoms with Gasteiger partial charge in [0, 0.05) is 25.2 Å². The summed E-state index contributed by atoms with van der Waals surface area (Å²) in [6.07, 6.45) is 10.9. The van der Waals surface area contributed by atoms with Crippen LogP contribution in [0.15, 0.2) is 18.5 Å². The normalized spacial score (nSPS) is 27.9. The highest BCUT2D eigenvalue weighted by atomic mass is 35.5. The first-order valence-electron chi connectivity index (χ1n) is 7.12. The Morgan fingerprint density at radius 2 is 2.06 bits per heavy atom. The molecule has 98 valence electrons. The molecule has 0 N–H and O–H groups in total. The van der Waals surface area contributed by atoms with Gasteiger partial charge in [-0.05, 0) is 36.3 Å². The van der Waals surface area contributed by atoms with Gasteiger partial charge in [-0.3, -0.25) is 4.98 Å². The molecule has 2 heterocycles. The van der Waals surface area contributed by atoms with Crippen LogP contribution in [-0.4, -0.2) is 18.1 Å². The topological polar surface area (TPSA) is 16.1 Å². The lowest BCUT2D eigenvalue weighted by Gasteiger charge is -2.42. The first-order chi connectivity index (χ1) is 8.88. The van der Waals surface area contributed by atoms with E-state index in [1.54, 1.807) is 0 Å². The zero-order valence-electron chi connectivity index (χ0n) is 10.8. The van der Waals surface area contributed by atoms with Crippen LogP contribution in [-0.2, 0) is 5.88 Å². The molecule has 1 aromatic rings. The molecule has 2 unspecified atom stereocenters. The van der Waals surface area contributed by atoms with Crippen LogP contribution in [0.1, 0.15) is 37.7 Å². The van der Waals surface area contributed by atoms with Crippen LogP contribution >= 0.6 is 11.6 Å². The van der Waals surface area contributed by atoms with Crippen molar-refractivity contribution in [3.8, 4) is 0 Å². The zero-order chi connectivity index (χ0) is 12.4. The van der Waals surface area contributed by atoms with Gasteiger partial charge in [-0.1, -0.05) is 19.3 Å².